The molecular weight excluding hydrogens is 170 g/mol. The molecule has 3 fully saturated rings. The van der Waals surface area contributed by atoms with Crippen LogP contribution in [0, 0.1) is 23.7 Å². The maximum absolute atomic E-state index is 3.77. The molecule has 0 aromatic rings. The lowest BCUT2D eigenvalue weighted by Gasteiger charge is -2.31. The second-order valence-electron chi connectivity index (χ2n) is 5.76. The highest BCUT2D eigenvalue weighted by Crippen LogP contribution is 2.52. The lowest BCUT2D eigenvalue weighted by molar-refractivity contribution is 0.231. The van der Waals surface area contributed by atoms with Crippen molar-refractivity contribution in [1.29, 1.82) is 0 Å². The van der Waals surface area contributed by atoms with Gasteiger partial charge in [0.2, 0.25) is 0 Å². The lowest BCUT2D eigenvalue weighted by Crippen LogP contribution is -2.40. The van der Waals surface area contributed by atoms with Crippen molar-refractivity contribution < 1.29 is 0 Å². The van der Waals surface area contributed by atoms with Gasteiger partial charge in [-0.05, 0) is 62.3 Å². The van der Waals surface area contributed by atoms with E-state index in [0.29, 0.717) is 0 Å². The highest BCUT2D eigenvalue weighted by molar-refractivity contribution is 5.00. The molecule has 2 bridgehead atoms. The Labute approximate surface area is 87.7 Å². The monoisotopic (exact) mass is 193 g/mol. The largest absolute Gasteiger partial charge is 0.314 e. The summed E-state index contributed by atoms with van der Waals surface area (Å²) in [5.41, 5.74) is 0. The van der Waals surface area contributed by atoms with Crippen molar-refractivity contribution in [2.45, 2.75) is 51.5 Å². The van der Waals surface area contributed by atoms with Crippen LogP contribution in [0.3, 0.4) is 0 Å². The van der Waals surface area contributed by atoms with Gasteiger partial charge in [0.15, 0.2) is 0 Å². The molecule has 0 aromatic carbocycles. The van der Waals surface area contributed by atoms with Crippen LogP contribution < -0.4 is 5.32 Å². The van der Waals surface area contributed by atoms with E-state index in [2.05, 4.69) is 12.2 Å². The van der Waals surface area contributed by atoms with Crippen molar-refractivity contribution in [3.8, 4) is 0 Å². The van der Waals surface area contributed by atoms with E-state index in [-0.39, 0.29) is 0 Å². The molecule has 0 spiro atoms. The lowest BCUT2D eigenvalue weighted by atomic mass is 9.81. The third kappa shape index (κ3) is 1.50. The average molecular weight is 193 g/mol. The van der Waals surface area contributed by atoms with Gasteiger partial charge >= 0.3 is 0 Å². The Morgan fingerprint density at radius 2 is 2.00 bits per heavy atom. The normalized spacial score (nSPS) is 43.1. The number of hydrogen-bond acceptors (Lipinski definition) is 1. The summed E-state index contributed by atoms with van der Waals surface area (Å²) in [6.07, 6.45) is 9.23. The van der Waals surface area contributed by atoms with Gasteiger partial charge in [-0.1, -0.05) is 13.3 Å². The molecule has 4 atom stereocenters. The molecule has 0 aliphatic heterocycles. The van der Waals surface area contributed by atoms with Gasteiger partial charge in [-0.25, -0.2) is 0 Å². The summed E-state index contributed by atoms with van der Waals surface area (Å²) < 4.78 is 0. The van der Waals surface area contributed by atoms with Gasteiger partial charge in [-0.2, -0.15) is 0 Å². The fourth-order valence-corrected chi connectivity index (χ4v) is 4.09. The zero-order chi connectivity index (χ0) is 9.54. The second-order valence-corrected chi connectivity index (χ2v) is 5.76. The quantitative estimate of drug-likeness (QED) is 0.724. The Balaban J connectivity index is 1.66. The van der Waals surface area contributed by atoms with Crippen LogP contribution in [0.15, 0.2) is 0 Å². The molecule has 0 radical (unpaired) electrons. The minimum Gasteiger partial charge on any atom is -0.314 e. The van der Waals surface area contributed by atoms with E-state index in [1.165, 1.54) is 19.4 Å². The minimum atomic E-state index is 0.898. The summed E-state index contributed by atoms with van der Waals surface area (Å²) in [6.45, 7) is 3.44. The van der Waals surface area contributed by atoms with Crippen LogP contribution in [0.2, 0.25) is 0 Å². The van der Waals surface area contributed by atoms with E-state index in [9.17, 15) is 0 Å². The molecule has 1 N–H and O–H groups in total. The molecule has 80 valence electrons. The van der Waals surface area contributed by atoms with E-state index in [0.717, 1.165) is 29.7 Å². The highest BCUT2D eigenvalue weighted by atomic mass is 14.9. The van der Waals surface area contributed by atoms with Gasteiger partial charge < -0.3 is 5.32 Å². The predicted molar refractivity (Wildman–Crippen MR) is 59.1 cm³/mol. The minimum absolute atomic E-state index is 0.898. The van der Waals surface area contributed by atoms with Crippen molar-refractivity contribution >= 4 is 0 Å². The van der Waals surface area contributed by atoms with Crippen LogP contribution in [0.1, 0.15) is 45.4 Å². The van der Waals surface area contributed by atoms with Gasteiger partial charge in [0.1, 0.15) is 0 Å². The molecule has 0 amide bonds. The summed E-state index contributed by atoms with van der Waals surface area (Å²) in [6, 6.07) is 0.898. The maximum Gasteiger partial charge on any atom is 0.0126 e. The van der Waals surface area contributed by atoms with Gasteiger partial charge in [-0.15, -0.1) is 0 Å². The first-order valence-corrected chi connectivity index (χ1v) is 6.62. The van der Waals surface area contributed by atoms with Gasteiger partial charge in [0.05, 0.1) is 0 Å². The molecule has 3 aliphatic carbocycles. The van der Waals surface area contributed by atoms with Crippen molar-refractivity contribution in [3.05, 3.63) is 0 Å². The molecule has 4 unspecified atom stereocenters. The highest BCUT2D eigenvalue weighted by Gasteiger charge is 2.46. The molecule has 1 heteroatoms. The Bertz CT molecular complexity index is 209. The van der Waals surface area contributed by atoms with E-state index >= 15 is 0 Å². The Hall–Kier alpha value is -0.0400. The maximum atomic E-state index is 3.77. The van der Waals surface area contributed by atoms with Crippen LogP contribution in [0.25, 0.3) is 0 Å². The molecule has 14 heavy (non-hydrogen) atoms. The van der Waals surface area contributed by atoms with Crippen molar-refractivity contribution in [3.63, 3.8) is 0 Å². The summed E-state index contributed by atoms with van der Waals surface area (Å²) >= 11 is 0. The van der Waals surface area contributed by atoms with E-state index in [1.54, 1.807) is 25.7 Å². The first kappa shape index (κ1) is 9.21. The fraction of sp³-hybridized carbons (Fsp3) is 1.00. The third-order valence-electron chi connectivity index (χ3n) is 4.82. The summed E-state index contributed by atoms with van der Waals surface area (Å²) in [4.78, 5) is 0. The number of rotatable bonds is 4. The molecule has 3 rings (SSSR count). The zero-order valence-corrected chi connectivity index (χ0v) is 9.34. The summed E-state index contributed by atoms with van der Waals surface area (Å²) in [5, 5.41) is 3.77. The smallest absolute Gasteiger partial charge is 0.0126 e. The van der Waals surface area contributed by atoms with Crippen LogP contribution in [0.5, 0.6) is 0 Å². The first-order chi connectivity index (χ1) is 6.88. The molecule has 3 aliphatic rings. The molecule has 0 saturated heterocycles. The van der Waals surface area contributed by atoms with Crippen LogP contribution in [0.4, 0.5) is 0 Å². The average Bonchev–Trinajstić information content (AvgIpc) is 2.82. The standard InChI is InChI=1S/C13H23N/c1-2-14-13(10-5-6-10)12-8-9-3-4-11(12)7-9/h9-14H,2-8H2,1H3. The van der Waals surface area contributed by atoms with Gasteiger partial charge in [0.25, 0.3) is 0 Å². The fourth-order valence-electron chi connectivity index (χ4n) is 4.09. The SMILES string of the molecule is CCNC(C1CC1)C1CC2CCC1C2. The van der Waals surface area contributed by atoms with Crippen LogP contribution in [-0.2, 0) is 0 Å². The van der Waals surface area contributed by atoms with Crippen molar-refractivity contribution in [2.75, 3.05) is 6.54 Å². The first-order valence-electron chi connectivity index (χ1n) is 6.62. The molecule has 3 saturated carbocycles. The summed E-state index contributed by atoms with van der Waals surface area (Å²) in [7, 11) is 0. The van der Waals surface area contributed by atoms with E-state index in [4.69, 9.17) is 0 Å². The predicted octanol–water partition coefficient (Wildman–Crippen LogP) is 2.81. The molecule has 1 nitrogen and oxygen atoms in total. The van der Waals surface area contributed by atoms with Gasteiger partial charge in [0, 0.05) is 6.04 Å². The Morgan fingerprint density at radius 1 is 1.14 bits per heavy atom. The van der Waals surface area contributed by atoms with Crippen LogP contribution >= 0.6 is 0 Å². The van der Waals surface area contributed by atoms with Gasteiger partial charge in [-0.3, -0.25) is 0 Å². The number of nitrogens with one attached hydrogen (secondary N) is 1. The van der Waals surface area contributed by atoms with E-state index < -0.39 is 0 Å². The topological polar surface area (TPSA) is 12.0 Å². The second kappa shape index (κ2) is 3.52. The number of hydrogen-bond donors (Lipinski definition) is 1. The molecular formula is C13H23N. The number of fused-ring (bicyclic) bond motifs is 2. The van der Waals surface area contributed by atoms with Crippen molar-refractivity contribution in [1.82, 2.24) is 5.32 Å². The Kier molecular flexibility index (Phi) is 2.31. The third-order valence-corrected chi connectivity index (χ3v) is 4.82. The Morgan fingerprint density at radius 3 is 2.50 bits per heavy atom. The molecule has 0 heterocycles. The zero-order valence-electron chi connectivity index (χ0n) is 9.34. The van der Waals surface area contributed by atoms with Crippen LogP contribution in [-0.4, -0.2) is 12.6 Å². The molecule has 0 aromatic heterocycles. The van der Waals surface area contributed by atoms with Crippen molar-refractivity contribution in [2.24, 2.45) is 23.7 Å². The van der Waals surface area contributed by atoms with E-state index in [1.807, 2.05) is 0 Å². The summed E-state index contributed by atoms with van der Waals surface area (Å²) in [5.74, 6) is 4.33.